The van der Waals surface area contributed by atoms with Crippen molar-refractivity contribution in [2.45, 2.75) is 0 Å². The molecule has 0 fully saturated rings. The topological polar surface area (TPSA) is 25.8 Å². The second-order valence-corrected chi connectivity index (χ2v) is 8.67. The largest absolute Gasteiger partial charge is 0.252 e. The van der Waals surface area contributed by atoms with Gasteiger partial charge in [0, 0.05) is 23.2 Å². The highest BCUT2D eigenvalue weighted by atomic mass is 14.8. The van der Waals surface area contributed by atoms with Gasteiger partial charge in [-0.2, -0.15) is 0 Å². The molecule has 0 N–H and O–H groups in total. The van der Waals surface area contributed by atoms with Crippen molar-refractivity contribution >= 4 is 43.4 Å². The number of nitrogens with zero attached hydrogens (tertiary/aromatic N) is 2. The van der Waals surface area contributed by atoms with E-state index in [4.69, 9.17) is 0 Å². The Morgan fingerprint density at radius 1 is 0.382 bits per heavy atom. The molecule has 1 heterocycles. The maximum absolute atomic E-state index is 4.68. The number of rotatable bonds is 2. The summed E-state index contributed by atoms with van der Waals surface area (Å²) in [5.74, 6) is 0. The number of benzene rings is 6. The minimum Gasteiger partial charge on any atom is -0.252 e. The van der Waals surface area contributed by atoms with Gasteiger partial charge in [-0.25, -0.2) is 0 Å². The van der Waals surface area contributed by atoms with E-state index >= 15 is 0 Å². The number of hydrogen-bond donors (Lipinski definition) is 0. The Labute approximate surface area is 197 Å². The van der Waals surface area contributed by atoms with Crippen LogP contribution in [0.5, 0.6) is 0 Å². The molecule has 6 aromatic carbocycles. The fourth-order valence-electron chi connectivity index (χ4n) is 5.15. The summed E-state index contributed by atoms with van der Waals surface area (Å²) in [5.41, 5.74) is 6.79. The SMILES string of the molecule is c1cc(-c2ccc3c(c2)c2ccccc2c2nccnc32)cc(-c2cccc3ccccc23)c1. The summed E-state index contributed by atoms with van der Waals surface area (Å²) in [6.07, 6.45) is 3.55. The Balaban J connectivity index is 1.46. The molecule has 0 aliphatic heterocycles. The van der Waals surface area contributed by atoms with Crippen molar-refractivity contribution in [2.24, 2.45) is 0 Å². The maximum atomic E-state index is 4.68. The monoisotopic (exact) mass is 432 g/mol. The van der Waals surface area contributed by atoms with E-state index in [0.717, 1.165) is 21.8 Å². The van der Waals surface area contributed by atoms with E-state index in [1.165, 1.54) is 43.8 Å². The summed E-state index contributed by atoms with van der Waals surface area (Å²) < 4.78 is 0. The normalized spacial score (nSPS) is 11.5. The molecule has 158 valence electrons. The van der Waals surface area contributed by atoms with Crippen molar-refractivity contribution in [1.82, 2.24) is 9.97 Å². The summed E-state index contributed by atoms with van der Waals surface area (Å²) >= 11 is 0. The number of aromatic nitrogens is 2. The first kappa shape index (κ1) is 19.0. The van der Waals surface area contributed by atoms with Crippen LogP contribution < -0.4 is 0 Å². The molecule has 2 nitrogen and oxygen atoms in total. The van der Waals surface area contributed by atoms with E-state index in [-0.39, 0.29) is 0 Å². The standard InChI is InChI=1S/C32H20N2/c1-2-11-25-21(7-1)8-6-14-26(25)24-10-5-9-22(19-24)23-15-16-29-30(20-23)27-12-3-4-13-28(27)31-32(29)34-18-17-33-31/h1-20H. The summed E-state index contributed by atoms with van der Waals surface area (Å²) in [6, 6.07) is 39.1. The predicted octanol–water partition coefficient (Wildman–Crippen LogP) is 8.42. The molecule has 7 aromatic rings. The number of hydrogen-bond acceptors (Lipinski definition) is 2. The molecule has 0 saturated heterocycles. The highest BCUT2D eigenvalue weighted by molar-refractivity contribution is 6.23. The van der Waals surface area contributed by atoms with E-state index in [9.17, 15) is 0 Å². The lowest BCUT2D eigenvalue weighted by molar-refractivity contribution is 1.31. The average Bonchev–Trinajstić information content (AvgIpc) is 2.93. The molecular weight excluding hydrogens is 412 g/mol. The first-order chi connectivity index (χ1) is 16.9. The Bertz CT molecular complexity index is 1830. The Morgan fingerprint density at radius 3 is 1.85 bits per heavy atom. The lowest BCUT2D eigenvalue weighted by atomic mass is 9.93. The van der Waals surface area contributed by atoms with Gasteiger partial charge in [0.05, 0.1) is 11.0 Å². The first-order valence-corrected chi connectivity index (χ1v) is 11.5. The molecule has 1 aromatic heterocycles. The van der Waals surface area contributed by atoms with Crippen molar-refractivity contribution in [3.63, 3.8) is 0 Å². The molecule has 0 aliphatic rings. The van der Waals surface area contributed by atoms with Gasteiger partial charge in [0.1, 0.15) is 0 Å². The summed E-state index contributed by atoms with van der Waals surface area (Å²) in [7, 11) is 0. The van der Waals surface area contributed by atoms with Crippen molar-refractivity contribution < 1.29 is 0 Å². The molecule has 2 heteroatoms. The van der Waals surface area contributed by atoms with Crippen LogP contribution in [0.15, 0.2) is 122 Å². The van der Waals surface area contributed by atoms with E-state index in [2.05, 4.69) is 119 Å². The fourth-order valence-corrected chi connectivity index (χ4v) is 5.15. The van der Waals surface area contributed by atoms with Crippen molar-refractivity contribution in [2.75, 3.05) is 0 Å². The van der Waals surface area contributed by atoms with Crippen LogP contribution in [0.2, 0.25) is 0 Å². The van der Waals surface area contributed by atoms with Crippen LogP contribution in [-0.4, -0.2) is 9.97 Å². The van der Waals surface area contributed by atoms with Gasteiger partial charge < -0.3 is 0 Å². The fraction of sp³-hybridized carbons (Fsp3) is 0. The third-order valence-corrected chi connectivity index (χ3v) is 6.74. The van der Waals surface area contributed by atoms with Crippen molar-refractivity contribution in [3.05, 3.63) is 122 Å². The second kappa shape index (κ2) is 7.50. The van der Waals surface area contributed by atoms with Gasteiger partial charge in [0.2, 0.25) is 0 Å². The Kier molecular flexibility index (Phi) is 4.18. The molecule has 0 aliphatic carbocycles. The van der Waals surface area contributed by atoms with Gasteiger partial charge in [0.15, 0.2) is 0 Å². The van der Waals surface area contributed by atoms with Crippen LogP contribution in [0, 0.1) is 0 Å². The van der Waals surface area contributed by atoms with E-state index in [0.29, 0.717) is 0 Å². The van der Waals surface area contributed by atoms with Crippen LogP contribution in [0.4, 0.5) is 0 Å². The molecule has 0 bridgehead atoms. The van der Waals surface area contributed by atoms with Crippen LogP contribution in [0.3, 0.4) is 0 Å². The van der Waals surface area contributed by atoms with E-state index in [1.54, 1.807) is 12.4 Å². The highest BCUT2D eigenvalue weighted by Gasteiger charge is 2.12. The average molecular weight is 433 g/mol. The molecule has 0 unspecified atom stereocenters. The van der Waals surface area contributed by atoms with Gasteiger partial charge in [-0.05, 0) is 55.9 Å². The molecule has 0 amide bonds. The van der Waals surface area contributed by atoms with Gasteiger partial charge in [-0.15, -0.1) is 0 Å². The molecule has 0 radical (unpaired) electrons. The Hall–Kier alpha value is -4.56. The smallest absolute Gasteiger partial charge is 0.0971 e. The van der Waals surface area contributed by atoms with Gasteiger partial charge in [-0.3, -0.25) is 9.97 Å². The summed E-state index contributed by atoms with van der Waals surface area (Å²) in [4.78, 5) is 9.33. The van der Waals surface area contributed by atoms with Crippen LogP contribution in [0.1, 0.15) is 0 Å². The third kappa shape index (κ3) is 2.89. The molecule has 7 rings (SSSR count). The quantitative estimate of drug-likeness (QED) is 0.256. The zero-order chi connectivity index (χ0) is 22.5. The molecule has 34 heavy (non-hydrogen) atoms. The van der Waals surface area contributed by atoms with Crippen LogP contribution in [0.25, 0.3) is 65.6 Å². The van der Waals surface area contributed by atoms with E-state index in [1.807, 2.05) is 0 Å². The second-order valence-electron chi connectivity index (χ2n) is 8.67. The van der Waals surface area contributed by atoms with Crippen molar-refractivity contribution in [1.29, 1.82) is 0 Å². The molecular formula is C32H20N2. The van der Waals surface area contributed by atoms with E-state index < -0.39 is 0 Å². The zero-order valence-electron chi connectivity index (χ0n) is 18.4. The molecule has 0 atom stereocenters. The minimum atomic E-state index is 0.951. The molecule has 0 spiro atoms. The Morgan fingerprint density at radius 2 is 1.00 bits per heavy atom. The zero-order valence-corrected chi connectivity index (χ0v) is 18.4. The lowest BCUT2D eigenvalue weighted by Gasteiger charge is -2.12. The first-order valence-electron chi connectivity index (χ1n) is 11.5. The highest BCUT2D eigenvalue weighted by Crippen LogP contribution is 2.36. The third-order valence-electron chi connectivity index (χ3n) is 6.74. The van der Waals surface area contributed by atoms with Gasteiger partial charge in [-0.1, -0.05) is 97.1 Å². The molecule has 0 saturated carbocycles. The predicted molar refractivity (Wildman–Crippen MR) is 143 cm³/mol. The summed E-state index contributed by atoms with van der Waals surface area (Å²) in [5, 5.41) is 7.22. The van der Waals surface area contributed by atoms with Gasteiger partial charge in [0.25, 0.3) is 0 Å². The van der Waals surface area contributed by atoms with Crippen molar-refractivity contribution in [3.8, 4) is 22.3 Å². The maximum Gasteiger partial charge on any atom is 0.0971 e. The van der Waals surface area contributed by atoms with Crippen LogP contribution >= 0.6 is 0 Å². The van der Waals surface area contributed by atoms with Gasteiger partial charge >= 0.3 is 0 Å². The lowest BCUT2D eigenvalue weighted by Crippen LogP contribution is -1.89. The van der Waals surface area contributed by atoms with Crippen LogP contribution in [-0.2, 0) is 0 Å². The minimum absolute atomic E-state index is 0.951. The number of fused-ring (bicyclic) bond motifs is 7. The summed E-state index contributed by atoms with van der Waals surface area (Å²) in [6.45, 7) is 0.